The van der Waals surface area contributed by atoms with Gasteiger partial charge < -0.3 is 14.4 Å². The minimum Gasteiger partial charge on any atom is -0.497 e. The van der Waals surface area contributed by atoms with Gasteiger partial charge in [-0.15, -0.1) is 0 Å². The molecule has 0 N–H and O–H groups in total. The van der Waals surface area contributed by atoms with Crippen molar-refractivity contribution in [3.05, 3.63) is 65.2 Å². The Balaban J connectivity index is 1.73. The summed E-state index contributed by atoms with van der Waals surface area (Å²) in [5.41, 5.74) is 3.04. The monoisotopic (exact) mass is 368 g/mol. The molecule has 0 aliphatic carbocycles. The summed E-state index contributed by atoms with van der Waals surface area (Å²) in [5.74, 6) is 0.803. The third-order valence-corrected chi connectivity index (χ3v) is 4.87. The van der Waals surface area contributed by atoms with Gasteiger partial charge in [0.25, 0.3) is 5.91 Å². The van der Waals surface area contributed by atoms with Gasteiger partial charge in [0.2, 0.25) is 0 Å². The highest BCUT2D eigenvalue weighted by Crippen LogP contribution is 2.16. The summed E-state index contributed by atoms with van der Waals surface area (Å²) in [5, 5.41) is 0. The second-order valence-electron chi connectivity index (χ2n) is 6.90. The number of nitrogens with zero attached hydrogens (tertiary/aromatic N) is 2. The fourth-order valence-electron chi connectivity index (χ4n) is 3.29. The number of morpholine rings is 1. The minimum atomic E-state index is 0.0485. The number of ether oxygens (including phenoxy) is 2. The second-order valence-corrected chi connectivity index (χ2v) is 6.90. The van der Waals surface area contributed by atoms with Crippen molar-refractivity contribution in [2.45, 2.75) is 13.5 Å². The molecule has 0 saturated carbocycles. The number of carbonyl (C=O) groups excluding carboxylic acids is 1. The molecule has 1 heterocycles. The summed E-state index contributed by atoms with van der Waals surface area (Å²) < 4.78 is 10.6. The number of amides is 1. The van der Waals surface area contributed by atoms with E-state index in [1.807, 2.05) is 35.2 Å². The van der Waals surface area contributed by atoms with Crippen LogP contribution in [0.1, 0.15) is 21.5 Å². The number of aryl methyl sites for hydroxylation is 1. The van der Waals surface area contributed by atoms with Crippen LogP contribution in [0.5, 0.6) is 5.75 Å². The Morgan fingerprint density at radius 2 is 1.89 bits per heavy atom. The number of hydrogen-bond donors (Lipinski definition) is 0. The number of carbonyl (C=O) groups is 1. The van der Waals surface area contributed by atoms with E-state index in [1.54, 1.807) is 7.11 Å². The lowest BCUT2D eigenvalue weighted by Crippen LogP contribution is -2.42. The van der Waals surface area contributed by atoms with E-state index in [4.69, 9.17) is 9.47 Å². The molecule has 0 spiro atoms. The highest BCUT2D eigenvalue weighted by atomic mass is 16.5. The number of methoxy groups -OCH3 is 1. The predicted octanol–water partition coefficient (Wildman–Crippen LogP) is 2.98. The first kappa shape index (κ1) is 19.4. The molecule has 3 rings (SSSR count). The first-order valence-corrected chi connectivity index (χ1v) is 9.44. The third-order valence-electron chi connectivity index (χ3n) is 4.87. The van der Waals surface area contributed by atoms with Crippen LogP contribution >= 0.6 is 0 Å². The largest absolute Gasteiger partial charge is 0.497 e. The smallest absolute Gasteiger partial charge is 0.254 e. The SMILES string of the molecule is COc1ccc(C(=O)N(CCN2CCOCC2)Cc2cccc(C)c2)cc1. The predicted molar refractivity (Wildman–Crippen MR) is 106 cm³/mol. The standard InChI is InChI=1S/C22H28N2O3/c1-18-4-3-5-19(16-18)17-24(11-10-23-12-14-27-15-13-23)22(25)20-6-8-21(26-2)9-7-20/h3-9,16H,10-15,17H2,1-2H3. The Bertz CT molecular complexity index is 739. The third kappa shape index (κ3) is 5.55. The number of benzene rings is 2. The van der Waals surface area contributed by atoms with Crippen LogP contribution in [0.4, 0.5) is 0 Å². The van der Waals surface area contributed by atoms with Crippen LogP contribution in [0.15, 0.2) is 48.5 Å². The average Bonchev–Trinajstić information content (AvgIpc) is 2.71. The van der Waals surface area contributed by atoms with E-state index < -0.39 is 0 Å². The molecule has 1 aliphatic rings. The van der Waals surface area contributed by atoms with Crippen LogP contribution in [0.3, 0.4) is 0 Å². The van der Waals surface area contributed by atoms with Crippen molar-refractivity contribution in [2.24, 2.45) is 0 Å². The van der Waals surface area contributed by atoms with Crippen molar-refractivity contribution in [3.8, 4) is 5.75 Å². The van der Waals surface area contributed by atoms with Crippen molar-refractivity contribution in [2.75, 3.05) is 46.5 Å². The molecule has 0 radical (unpaired) electrons. The molecule has 0 unspecified atom stereocenters. The maximum atomic E-state index is 13.1. The summed E-state index contributed by atoms with van der Waals surface area (Å²) >= 11 is 0. The van der Waals surface area contributed by atoms with Gasteiger partial charge in [-0.05, 0) is 36.8 Å². The van der Waals surface area contributed by atoms with Gasteiger partial charge in [-0.1, -0.05) is 29.8 Å². The minimum absolute atomic E-state index is 0.0485. The van der Waals surface area contributed by atoms with Crippen molar-refractivity contribution in [1.29, 1.82) is 0 Å². The Labute approximate surface area is 161 Å². The Kier molecular flexibility index (Phi) is 6.85. The van der Waals surface area contributed by atoms with Crippen LogP contribution in [-0.2, 0) is 11.3 Å². The topological polar surface area (TPSA) is 42.0 Å². The van der Waals surface area contributed by atoms with Gasteiger partial charge in [0.15, 0.2) is 0 Å². The van der Waals surface area contributed by atoms with Gasteiger partial charge in [-0.3, -0.25) is 9.69 Å². The van der Waals surface area contributed by atoms with E-state index in [0.29, 0.717) is 18.7 Å². The van der Waals surface area contributed by atoms with Gasteiger partial charge in [-0.2, -0.15) is 0 Å². The normalized spacial score (nSPS) is 14.7. The zero-order valence-corrected chi connectivity index (χ0v) is 16.2. The lowest BCUT2D eigenvalue weighted by molar-refractivity contribution is 0.0320. The van der Waals surface area contributed by atoms with E-state index in [-0.39, 0.29) is 5.91 Å². The van der Waals surface area contributed by atoms with Crippen LogP contribution in [0.25, 0.3) is 0 Å². The molecule has 1 aliphatic heterocycles. The van der Waals surface area contributed by atoms with Crippen molar-refractivity contribution in [1.82, 2.24) is 9.80 Å². The molecule has 2 aromatic carbocycles. The van der Waals surface area contributed by atoms with Crippen LogP contribution in [-0.4, -0.2) is 62.2 Å². The van der Waals surface area contributed by atoms with E-state index in [2.05, 4.69) is 30.0 Å². The maximum Gasteiger partial charge on any atom is 0.254 e. The fourth-order valence-corrected chi connectivity index (χ4v) is 3.29. The van der Waals surface area contributed by atoms with E-state index in [0.717, 1.165) is 44.2 Å². The molecule has 144 valence electrons. The molecule has 1 amide bonds. The molecule has 27 heavy (non-hydrogen) atoms. The van der Waals surface area contributed by atoms with Gasteiger partial charge >= 0.3 is 0 Å². The number of hydrogen-bond acceptors (Lipinski definition) is 4. The van der Waals surface area contributed by atoms with Crippen molar-refractivity contribution in [3.63, 3.8) is 0 Å². The van der Waals surface area contributed by atoms with Crippen LogP contribution in [0, 0.1) is 6.92 Å². The number of rotatable bonds is 7. The van der Waals surface area contributed by atoms with Crippen LogP contribution < -0.4 is 4.74 Å². The molecule has 5 nitrogen and oxygen atoms in total. The summed E-state index contributed by atoms with van der Waals surface area (Å²) in [6, 6.07) is 15.7. The van der Waals surface area contributed by atoms with Gasteiger partial charge in [-0.25, -0.2) is 0 Å². The van der Waals surface area contributed by atoms with E-state index in [9.17, 15) is 4.79 Å². The lowest BCUT2D eigenvalue weighted by atomic mass is 10.1. The Hall–Kier alpha value is -2.37. The first-order chi connectivity index (χ1) is 13.2. The zero-order valence-electron chi connectivity index (χ0n) is 16.2. The second kappa shape index (κ2) is 9.53. The van der Waals surface area contributed by atoms with E-state index >= 15 is 0 Å². The maximum absolute atomic E-state index is 13.1. The fraction of sp³-hybridized carbons (Fsp3) is 0.409. The molecular formula is C22H28N2O3. The summed E-state index contributed by atoms with van der Waals surface area (Å²) in [7, 11) is 1.63. The average molecular weight is 368 g/mol. The molecule has 0 bridgehead atoms. The molecule has 5 heteroatoms. The van der Waals surface area contributed by atoms with Crippen molar-refractivity contribution < 1.29 is 14.3 Å². The lowest BCUT2D eigenvalue weighted by Gasteiger charge is -2.30. The van der Waals surface area contributed by atoms with Gasteiger partial charge in [0.05, 0.1) is 20.3 Å². The molecule has 1 saturated heterocycles. The summed E-state index contributed by atoms with van der Waals surface area (Å²) in [6.07, 6.45) is 0. The quantitative estimate of drug-likeness (QED) is 0.754. The summed E-state index contributed by atoms with van der Waals surface area (Å²) in [6.45, 7) is 7.62. The Morgan fingerprint density at radius 1 is 1.15 bits per heavy atom. The highest BCUT2D eigenvalue weighted by molar-refractivity contribution is 5.94. The van der Waals surface area contributed by atoms with Crippen LogP contribution in [0.2, 0.25) is 0 Å². The molecule has 0 atom stereocenters. The Morgan fingerprint density at radius 3 is 2.56 bits per heavy atom. The molecule has 2 aromatic rings. The molecule has 1 fully saturated rings. The highest BCUT2D eigenvalue weighted by Gasteiger charge is 2.19. The molecule has 0 aromatic heterocycles. The van der Waals surface area contributed by atoms with Crippen molar-refractivity contribution >= 4 is 5.91 Å². The van der Waals surface area contributed by atoms with E-state index in [1.165, 1.54) is 5.56 Å². The first-order valence-electron chi connectivity index (χ1n) is 9.44. The van der Waals surface area contributed by atoms with Gasteiger partial charge in [0, 0.05) is 38.3 Å². The zero-order chi connectivity index (χ0) is 19.1. The molecular weight excluding hydrogens is 340 g/mol. The van der Waals surface area contributed by atoms with Gasteiger partial charge in [0.1, 0.15) is 5.75 Å². The summed E-state index contributed by atoms with van der Waals surface area (Å²) in [4.78, 5) is 17.4.